The van der Waals surface area contributed by atoms with Crippen LogP contribution in [0.2, 0.25) is 5.02 Å². The maximum atomic E-state index is 12.3. The molecule has 1 aromatic carbocycles. The molecule has 0 spiro atoms. The monoisotopic (exact) mass is 320 g/mol. The van der Waals surface area contributed by atoms with Crippen molar-refractivity contribution in [2.45, 2.75) is 26.3 Å². The summed E-state index contributed by atoms with van der Waals surface area (Å²) < 4.78 is 7.37. The van der Waals surface area contributed by atoms with Gasteiger partial charge in [-0.1, -0.05) is 42.7 Å². The summed E-state index contributed by atoms with van der Waals surface area (Å²) in [7, 11) is 0. The molecule has 22 heavy (non-hydrogen) atoms. The van der Waals surface area contributed by atoms with Gasteiger partial charge in [-0.25, -0.2) is 4.79 Å². The van der Waals surface area contributed by atoms with Crippen LogP contribution in [0, 0.1) is 0 Å². The third-order valence-electron chi connectivity index (χ3n) is 3.01. The zero-order valence-corrected chi connectivity index (χ0v) is 12.7. The van der Waals surface area contributed by atoms with Crippen molar-refractivity contribution in [1.82, 2.24) is 29.9 Å². The highest BCUT2D eigenvalue weighted by molar-refractivity contribution is 6.32. The van der Waals surface area contributed by atoms with Crippen molar-refractivity contribution in [1.29, 1.82) is 0 Å². The van der Waals surface area contributed by atoms with Crippen LogP contribution in [0.4, 0.5) is 0 Å². The van der Waals surface area contributed by atoms with Gasteiger partial charge in [-0.3, -0.25) is 0 Å². The van der Waals surface area contributed by atoms with E-state index >= 15 is 0 Å². The molecular weight excluding hydrogens is 308 g/mol. The largest absolute Gasteiger partial charge is 0.369 e. The first kappa shape index (κ1) is 14.5. The summed E-state index contributed by atoms with van der Waals surface area (Å²) in [6.45, 7) is 3.96. The standard InChI is InChI=1S/C13H13ClN6O2/c1-8(2)12-15-11(22-16-12)7-19-13(21)20(18-17-19)10-6-4-3-5-9(10)14/h3-6,8H,7H2,1-2H3. The fourth-order valence-corrected chi connectivity index (χ4v) is 2.06. The molecule has 0 radical (unpaired) electrons. The van der Waals surface area contributed by atoms with Crippen LogP contribution in [0.5, 0.6) is 0 Å². The Hall–Kier alpha value is -2.48. The van der Waals surface area contributed by atoms with E-state index in [0.717, 1.165) is 9.36 Å². The van der Waals surface area contributed by atoms with Crippen LogP contribution in [0.1, 0.15) is 31.5 Å². The molecule has 2 aromatic heterocycles. The molecule has 0 saturated heterocycles. The predicted octanol–water partition coefficient (Wildman–Crippen LogP) is 1.64. The highest BCUT2D eigenvalue weighted by Crippen LogP contribution is 2.17. The van der Waals surface area contributed by atoms with Crippen LogP contribution in [0.3, 0.4) is 0 Å². The van der Waals surface area contributed by atoms with Crippen LogP contribution >= 0.6 is 11.6 Å². The van der Waals surface area contributed by atoms with E-state index in [4.69, 9.17) is 16.1 Å². The average molecular weight is 321 g/mol. The van der Waals surface area contributed by atoms with E-state index in [1.54, 1.807) is 24.3 Å². The van der Waals surface area contributed by atoms with Gasteiger partial charge in [-0.05, 0) is 22.6 Å². The second-order valence-electron chi connectivity index (χ2n) is 4.98. The van der Waals surface area contributed by atoms with Gasteiger partial charge in [0.2, 0.25) is 5.89 Å². The molecule has 3 rings (SSSR count). The van der Waals surface area contributed by atoms with Gasteiger partial charge in [-0.15, -0.1) is 0 Å². The number of hydrogen-bond acceptors (Lipinski definition) is 6. The molecule has 0 saturated carbocycles. The fraction of sp³-hybridized carbons (Fsp3) is 0.308. The lowest BCUT2D eigenvalue weighted by atomic mass is 10.2. The van der Waals surface area contributed by atoms with Crippen molar-refractivity contribution in [3.8, 4) is 5.69 Å². The summed E-state index contributed by atoms with van der Waals surface area (Å²) in [4.78, 5) is 16.5. The van der Waals surface area contributed by atoms with E-state index in [2.05, 4.69) is 20.6 Å². The number of para-hydroxylation sites is 1. The van der Waals surface area contributed by atoms with Crippen LogP contribution < -0.4 is 5.69 Å². The number of halogens is 1. The molecule has 0 aliphatic carbocycles. The van der Waals surface area contributed by atoms with E-state index in [-0.39, 0.29) is 12.5 Å². The fourth-order valence-electron chi connectivity index (χ4n) is 1.84. The van der Waals surface area contributed by atoms with Gasteiger partial charge in [-0.2, -0.15) is 14.3 Å². The number of rotatable bonds is 4. The summed E-state index contributed by atoms with van der Waals surface area (Å²) in [6, 6.07) is 6.90. The second-order valence-corrected chi connectivity index (χ2v) is 5.39. The summed E-state index contributed by atoms with van der Waals surface area (Å²) in [5.41, 5.74) is 0.0335. The molecule has 0 unspecified atom stereocenters. The third kappa shape index (κ3) is 2.64. The van der Waals surface area contributed by atoms with E-state index in [1.807, 2.05) is 13.8 Å². The molecule has 0 bridgehead atoms. The molecule has 0 fully saturated rings. The quantitative estimate of drug-likeness (QED) is 0.725. The lowest BCUT2D eigenvalue weighted by Gasteiger charge is -1.99. The third-order valence-corrected chi connectivity index (χ3v) is 3.32. The number of benzene rings is 1. The van der Waals surface area contributed by atoms with Gasteiger partial charge >= 0.3 is 5.69 Å². The van der Waals surface area contributed by atoms with E-state index in [0.29, 0.717) is 22.4 Å². The smallest absolute Gasteiger partial charge is 0.337 e. The summed E-state index contributed by atoms with van der Waals surface area (Å²) in [5, 5.41) is 11.9. The van der Waals surface area contributed by atoms with E-state index < -0.39 is 5.69 Å². The average Bonchev–Trinajstić information content (AvgIpc) is 3.09. The number of aromatic nitrogens is 6. The van der Waals surface area contributed by atoms with Crippen molar-refractivity contribution in [2.75, 3.05) is 0 Å². The topological polar surface area (TPSA) is 91.6 Å². The lowest BCUT2D eigenvalue weighted by molar-refractivity contribution is 0.357. The van der Waals surface area contributed by atoms with Gasteiger partial charge in [0, 0.05) is 5.92 Å². The first-order valence-corrected chi connectivity index (χ1v) is 7.04. The van der Waals surface area contributed by atoms with Crippen molar-refractivity contribution in [3.63, 3.8) is 0 Å². The maximum absolute atomic E-state index is 12.3. The molecule has 0 atom stereocenters. The molecule has 8 nitrogen and oxygen atoms in total. The second kappa shape index (κ2) is 5.72. The van der Waals surface area contributed by atoms with Crippen molar-refractivity contribution in [3.05, 3.63) is 51.5 Å². The number of hydrogen-bond donors (Lipinski definition) is 0. The first-order chi connectivity index (χ1) is 10.6. The molecule has 2 heterocycles. The molecular formula is C13H13ClN6O2. The van der Waals surface area contributed by atoms with E-state index in [1.165, 1.54) is 0 Å². The van der Waals surface area contributed by atoms with Crippen LogP contribution in [-0.2, 0) is 6.54 Å². The highest BCUT2D eigenvalue weighted by Gasteiger charge is 2.15. The minimum absolute atomic E-state index is 0.0585. The van der Waals surface area contributed by atoms with Crippen molar-refractivity contribution >= 4 is 11.6 Å². The van der Waals surface area contributed by atoms with Crippen molar-refractivity contribution in [2.24, 2.45) is 0 Å². The van der Waals surface area contributed by atoms with Crippen LogP contribution in [0.15, 0.2) is 33.6 Å². The molecule has 0 amide bonds. The zero-order chi connectivity index (χ0) is 15.7. The minimum Gasteiger partial charge on any atom is -0.337 e. The minimum atomic E-state index is -0.433. The van der Waals surface area contributed by atoms with Gasteiger partial charge in [0.05, 0.1) is 10.7 Å². The lowest BCUT2D eigenvalue weighted by Crippen LogP contribution is -2.25. The van der Waals surface area contributed by atoms with Gasteiger partial charge in [0.25, 0.3) is 0 Å². The highest BCUT2D eigenvalue weighted by atomic mass is 35.5. The number of nitrogens with zero attached hydrogens (tertiary/aromatic N) is 6. The van der Waals surface area contributed by atoms with Crippen LogP contribution in [0.25, 0.3) is 5.69 Å². The Morgan fingerprint density at radius 1 is 1.27 bits per heavy atom. The Balaban J connectivity index is 1.91. The molecule has 0 aliphatic rings. The first-order valence-electron chi connectivity index (χ1n) is 6.66. The molecule has 114 valence electrons. The predicted molar refractivity (Wildman–Crippen MR) is 78.1 cm³/mol. The van der Waals surface area contributed by atoms with Crippen LogP contribution in [-0.4, -0.2) is 29.9 Å². The Bertz CT molecular complexity index is 850. The SMILES string of the molecule is CC(C)c1noc(Cn2nnn(-c3ccccc3Cl)c2=O)n1. The molecule has 9 heteroatoms. The van der Waals surface area contributed by atoms with Crippen molar-refractivity contribution < 1.29 is 4.52 Å². The Kier molecular flexibility index (Phi) is 3.76. The Morgan fingerprint density at radius 3 is 2.73 bits per heavy atom. The molecule has 0 aliphatic heterocycles. The Labute approximate surface area is 130 Å². The summed E-state index contributed by atoms with van der Waals surface area (Å²) >= 11 is 6.06. The molecule has 3 aromatic rings. The number of tetrazole rings is 1. The zero-order valence-electron chi connectivity index (χ0n) is 12.0. The van der Waals surface area contributed by atoms with Gasteiger partial charge in [0.15, 0.2) is 5.82 Å². The summed E-state index contributed by atoms with van der Waals surface area (Å²) in [6.07, 6.45) is 0. The molecule has 0 N–H and O–H groups in total. The summed E-state index contributed by atoms with van der Waals surface area (Å²) in [5.74, 6) is 1.03. The van der Waals surface area contributed by atoms with Gasteiger partial charge in [0.1, 0.15) is 6.54 Å². The van der Waals surface area contributed by atoms with E-state index in [9.17, 15) is 4.79 Å². The maximum Gasteiger partial charge on any atom is 0.369 e. The Morgan fingerprint density at radius 2 is 2.05 bits per heavy atom. The normalized spacial score (nSPS) is 11.3. The van der Waals surface area contributed by atoms with Gasteiger partial charge < -0.3 is 4.52 Å².